The number of rotatable bonds is 5. The Hall–Kier alpha value is -3.29. The van der Waals surface area contributed by atoms with Crippen LogP contribution in [0.2, 0.25) is 0 Å². The first-order valence-corrected chi connectivity index (χ1v) is 11.1. The van der Waals surface area contributed by atoms with Crippen LogP contribution >= 0.6 is 12.4 Å². The minimum absolute atomic E-state index is 0. The average molecular weight is 483 g/mol. The van der Waals surface area contributed by atoms with E-state index in [2.05, 4.69) is 10.00 Å². The smallest absolute Gasteiger partial charge is 0.301 e. The number of hydrogen-bond acceptors (Lipinski definition) is 3. The van der Waals surface area contributed by atoms with Crippen molar-refractivity contribution in [3.05, 3.63) is 112 Å². The third-order valence-corrected chi connectivity index (χ3v) is 6.20. The highest BCUT2D eigenvalue weighted by Gasteiger charge is 2.20. The molecule has 34 heavy (non-hydrogen) atoms. The highest BCUT2D eigenvalue weighted by atomic mass is 35.5. The summed E-state index contributed by atoms with van der Waals surface area (Å²) in [6.45, 7) is 2.97. The Morgan fingerprint density at radius 1 is 0.824 bits per heavy atom. The van der Waals surface area contributed by atoms with Crippen LogP contribution in [0.25, 0.3) is 11.2 Å². The Bertz CT molecular complexity index is 1300. The van der Waals surface area contributed by atoms with Gasteiger partial charge in [0.15, 0.2) is 5.65 Å². The molecule has 0 N–H and O–H groups in total. The van der Waals surface area contributed by atoms with Gasteiger partial charge < -0.3 is 4.90 Å². The van der Waals surface area contributed by atoms with Gasteiger partial charge in [0.1, 0.15) is 11.6 Å². The molecule has 0 atom stereocenters. The highest BCUT2D eigenvalue weighted by Crippen LogP contribution is 2.32. The lowest BCUT2D eigenvalue weighted by molar-refractivity contribution is 0.242. The topological polar surface area (TPSA) is 42.5 Å². The number of hydrogen-bond donors (Lipinski definition) is 0. The van der Waals surface area contributed by atoms with Crippen molar-refractivity contribution >= 4 is 23.6 Å². The summed E-state index contributed by atoms with van der Waals surface area (Å²) < 4.78 is 30.1. The van der Waals surface area contributed by atoms with E-state index in [1.54, 1.807) is 34.9 Å². The van der Waals surface area contributed by atoms with E-state index in [4.69, 9.17) is 0 Å². The van der Waals surface area contributed by atoms with Crippen LogP contribution in [0.1, 0.15) is 24.0 Å². The van der Waals surface area contributed by atoms with Gasteiger partial charge in [-0.1, -0.05) is 35.9 Å². The standard InChI is InChI=1S/C26H24F2N4O.ClH/c27-22-8-4-19(5-9-22)25(20-6-10-23(28)11-7-20)21-12-15-30(16-13-21)17-18-32-26(33)31-14-2-1-3-24(31)29-32;/h1-11,14H,12-13,15-18H2;1H. The molecule has 3 heterocycles. The van der Waals surface area contributed by atoms with Gasteiger partial charge in [-0.25, -0.2) is 18.3 Å². The van der Waals surface area contributed by atoms with Gasteiger partial charge in [-0.15, -0.1) is 17.5 Å². The predicted molar refractivity (Wildman–Crippen MR) is 131 cm³/mol. The van der Waals surface area contributed by atoms with Gasteiger partial charge in [0, 0.05) is 25.8 Å². The summed E-state index contributed by atoms with van der Waals surface area (Å²) in [5, 5.41) is 4.40. The molecule has 5 nitrogen and oxygen atoms in total. The number of fused-ring (bicyclic) bond motifs is 1. The summed E-state index contributed by atoms with van der Waals surface area (Å²) in [6, 6.07) is 18.5. The van der Waals surface area contributed by atoms with Crippen molar-refractivity contribution in [2.45, 2.75) is 19.4 Å². The lowest BCUT2D eigenvalue weighted by Crippen LogP contribution is -2.35. The van der Waals surface area contributed by atoms with Crippen LogP contribution in [-0.4, -0.2) is 38.7 Å². The molecule has 8 heteroatoms. The van der Waals surface area contributed by atoms with Crippen molar-refractivity contribution in [3.63, 3.8) is 0 Å². The molecule has 0 amide bonds. The Balaban J connectivity index is 0.00000274. The number of nitrogens with zero attached hydrogens (tertiary/aromatic N) is 4. The predicted octanol–water partition coefficient (Wildman–Crippen LogP) is 4.79. The normalized spacial score (nSPS) is 14.2. The minimum Gasteiger partial charge on any atom is -0.301 e. The largest absolute Gasteiger partial charge is 0.350 e. The first kappa shape index (κ1) is 23.9. The van der Waals surface area contributed by atoms with E-state index in [0.717, 1.165) is 49.2 Å². The Morgan fingerprint density at radius 3 is 1.97 bits per heavy atom. The molecule has 1 fully saturated rings. The molecule has 0 bridgehead atoms. The zero-order chi connectivity index (χ0) is 22.8. The molecule has 5 rings (SSSR count). The van der Waals surface area contributed by atoms with E-state index in [1.807, 2.05) is 18.2 Å². The van der Waals surface area contributed by atoms with Crippen molar-refractivity contribution in [2.24, 2.45) is 0 Å². The maximum atomic E-state index is 13.5. The van der Waals surface area contributed by atoms with Crippen LogP contribution < -0.4 is 5.69 Å². The molecule has 2 aromatic heterocycles. The first-order valence-electron chi connectivity index (χ1n) is 11.1. The molecule has 0 aliphatic carbocycles. The first-order chi connectivity index (χ1) is 16.1. The van der Waals surface area contributed by atoms with Gasteiger partial charge in [0.2, 0.25) is 0 Å². The lowest BCUT2D eigenvalue weighted by Gasteiger charge is -2.30. The van der Waals surface area contributed by atoms with Crippen molar-refractivity contribution in [1.82, 2.24) is 19.1 Å². The molecule has 1 aliphatic rings. The molecule has 2 aromatic carbocycles. The highest BCUT2D eigenvalue weighted by molar-refractivity contribution is 5.85. The molecule has 4 aromatic rings. The van der Waals surface area contributed by atoms with E-state index >= 15 is 0 Å². The van der Waals surface area contributed by atoms with Gasteiger partial charge >= 0.3 is 5.69 Å². The van der Waals surface area contributed by atoms with Crippen LogP contribution in [0.5, 0.6) is 0 Å². The maximum Gasteiger partial charge on any atom is 0.350 e. The summed E-state index contributed by atoms with van der Waals surface area (Å²) in [5.41, 5.74) is 4.71. The fraction of sp³-hybridized carbons (Fsp3) is 0.231. The van der Waals surface area contributed by atoms with Crippen molar-refractivity contribution in [2.75, 3.05) is 19.6 Å². The second-order valence-electron chi connectivity index (χ2n) is 8.27. The quantitative estimate of drug-likeness (QED) is 0.410. The van der Waals surface area contributed by atoms with Crippen LogP contribution in [0.15, 0.2) is 83.3 Å². The number of pyridine rings is 1. The third kappa shape index (κ3) is 4.95. The van der Waals surface area contributed by atoms with Crippen LogP contribution in [0.3, 0.4) is 0 Å². The van der Waals surface area contributed by atoms with Crippen LogP contribution in [0, 0.1) is 11.6 Å². The van der Waals surface area contributed by atoms with Gasteiger partial charge in [-0.05, 0) is 65.9 Å². The number of benzene rings is 2. The summed E-state index contributed by atoms with van der Waals surface area (Å²) in [6.07, 6.45) is 3.43. The number of aromatic nitrogens is 3. The molecular weight excluding hydrogens is 458 g/mol. The molecule has 0 spiro atoms. The van der Waals surface area contributed by atoms with E-state index in [-0.39, 0.29) is 29.7 Å². The lowest BCUT2D eigenvalue weighted by atomic mass is 9.88. The van der Waals surface area contributed by atoms with Gasteiger partial charge in [-0.2, -0.15) is 0 Å². The second kappa shape index (κ2) is 10.3. The summed E-state index contributed by atoms with van der Waals surface area (Å²) in [7, 11) is 0. The van der Waals surface area contributed by atoms with Crippen LogP contribution in [0.4, 0.5) is 8.78 Å². The summed E-state index contributed by atoms with van der Waals surface area (Å²) >= 11 is 0. The third-order valence-electron chi connectivity index (χ3n) is 6.20. The molecule has 1 aliphatic heterocycles. The monoisotopic (exact) mass is 482 g/mol. The molecule has 176 valence electrons. The van der Waals surface area contributed by atoms with Crippen molar-refractivity contribution in [1.29, 1.82) is 0 Å². The Kier molecular flexibility index (Phi) is 7.24. The molecule has 0 radical (unpaired) electrons. The fourth-order valence-corrected chi connectivity index (χ4v) is 4.45. The SMILES string of the molecule is Cl.O=c1n(CCN2CCC(=C(c3ccc(F)cc3)c3ccc(F)cc3)CC2)nc2ccccn12. The number of piperidine rings is 1. The van der Waals surface area contributed by atoms with Gasteiger partial charge in [-0.3, -0.25) is 4.40 Å². The molecule has 0 unspecified atom stereocenters. The Labute approximate surface area is 202 Å². The minimum atomic E-state index is -0.279. The number of halogens is 3. The summed E-state index contributed by atoms with van der Waals surface area (Å²) in [5.74, 6) is -0.557. The molecule has 0 saturated carbocycles. The Morgan fingerprint density at radius 2 is 1.41 bits per heavy atom. The summed E-state index contributed by atoms with van der Waals surface area (Å²) in [4.78, 5) is 14.8. The van der Waals surface area contributed by atoms with E-state index in [9.17, 15) is 13.6 Å². The zero-order valence-electron chi connectivity index (χ0n) is 18.5. The van der Waals surface area contributed by atoms with E-state index in [1.165, 1.54) is 34.5 Å². The maximum absolute atomic E-state index is 13.5. The van der Waals surface area contributed by atoms with Crippen molar-refractivity contribution in [3.8, 4) is 0 Å². The van der Waals surface area contributed by atoms with E-state index < -0.39 is 0 Å². The zero-order valence-corrected chi connectivity index (χ0v) is 19.3. The number of likely N-dealkylation sites (tertiary alicyclic amines) is 1. The fourth-order valence-electron chi connectivity index (χ4n) is 4.45. The van der Waals surface area contributed by atoms with Gasteiger partial charge in [0.05, 0.1) is 6.54 Å². The second-order valence-corrected chi connectivity index (χ2v) is 8.27. The van der Waals surface area contributed by atoms with E-state index in [0.29, 0.717) is 12.2 Å². The average Bonchev–Trinajstić information content (AvgIpc) is 3.17. The molecule has 1 saturated heterocycles. The van der Waals surface area contributed by atoms with Crippen molar-refractivity contribution < 1.29 is 8.78 Å². The van der Waals surface area contributed by atoms with Gasteiger partial charge in [0.25, 0.3) is 0 Å². The van der Waals surface area contributed by atoms with Crippen LogP contribution in [-0.2, 0) is 6.54 Å². The molecular formula is C26H25ClF2N4O.